The molecule has 0 N–H and O–H groups in total. The predicted molar refractivity (Wildman–Crippen MR) is 203 cm³/mol. The van der Waals surface area contributed by atoms with Crippen LogP contribution < -0.4 is 0 Å². The largest absolute Gasteiger partial charge is 0.309 e. The Morgan fingerprint density at radius 1 is 0.292 bits per heavy atom. The summed E-state index contributed by atoms with van der Waals surface area (Å²) >= 11 is 0. The van der Waals surface area contributed by atoms with E-state index in [0.29, 0.717) is 0 Å². The molecule has 0 aliphatic carbocycles. The third-order valence-corrected chi connectivity index (χ3v) is 9.89. The number of hydrogen-bond donors (Lipinski definition) is 0. The van der Waals surface area contributed by atoms with E-state index < -0.39 is 0 Å². The molecule has 224 valence electrons. The molecule has 2 heterocycles. The smallest absolute Gasteiger partial charge is 0.0562 e. The highest BCUT2D eigenvalue weighted by Crippen LogP contribution is 2.42. The Balaban J connectivity index is 1.29. The topological polar surface area (TPSA) is 9.86 Å². The average molecular weight is 611 g/mol. The lowest BCUT2D eigenvalue weighted by Crippen LogP contribution is -1.96. The highest BCUT2D eigenvalue weighted by Gasteiger charge is 2.20. The minimum atomic E-state index is 1.15. The van der Waals surface area contributed by atoms with Crippen LogP contribution in [-0.2, 0) is 0 Å². The fourth-order valence-electron chi connectivity index (χ4n) is 7.80. The van der Waals surface area contributed by atoms with Crippen LogP contribution in [0.2, 0.25) is 0 Å². The maximum atomic E-state index is 2.45. The normalized spacial score (nSPS) is 11.8. The fraction of sp³-hybridized carbons (Fsp3) is 0. The van der Waals surface area contributed by atoms with Crippen LogP contribution >= 0.6 is 0 Å². The fourth-order valence-corrected chi connectivity index (χ4v) is 7.80. The Bertz CT molecular complexity index is 2820. The van der Waals surface area contributed by atoms with E-state index in [4.69, 9.17) is 0 Å². The predicted octanol–water partition coefficient (Wildman–Crippen LogP) is 12.4. The van der Waals surface area contributed by atoms with Crippen molar-refractivity contribution >= 4 is 54.4 Å². The molecule has 0 saturated heterocycles. The van der Waals surface area contributed by atoms with Gasteiger partial charge in [0.2, 0.25) is 0 Å². The molecule has 0 atom stereocenters. The quantitative estimate of drug-likeness (QED) is 0.188. The summed E-state index contributed by atoms with van der Waals surface area (Å²) in [5.74, 6) is 0. The molecule has 0 bridgehead atoms. The molecule has 0 radical (unpaired) electrons. The lowest BCUT2D eigenvalue weighted by molar-refractivity contribution is 1.17. The van der Waals surface area contributed by atoms with Gasteiger partial charge < -0.3 is 9.13 Å². The summed E-state index contributed by atoms with van der Waals surface area (Å²) in [6, 6.07) is 66.2. The average Bonchev–Trinajstić information content (AvgIpc) is 3.67. The van der Waals surface area contributed by atoms with E-state index in [1.54, 1.807) is 0 Å². The molecular formula is C46H30N2. The van der Waals surface area contributed by atoms with Gasteiger partial charge in [0, 0.05) is 32.9 Å². The number of rotatable bonds is 4. The summed E-state index contributed by atoms with van der Waals surface area (Å²) < 4.78 is 4.88. The lowest BCUT2D eigenvalue weighted by atomic mass is 9.94. The molecule has 0 fully saturated rings. The Hall–Kier alpha value is -6.38. The van der Waals surface area contributed by atoms with Crippen LogP contribution in [0, 0.1) is 0 Å². The summed E-state index contributed by atoms with van der Waals surface area (Å²) in [5.41, 5.74) is 12.0. The second kappa shape index (κ2) is 10.6. The van der Waals surface area contributed by atoms with Gasteiger partial charge in [0.1, 0.15) is 0 Å². The van der Waals surface area contributed by atoms with Crippen molar-refractivity contribution in [3.8, 4) is 33.6 Å². The molecule has 0 spiro atoms. The van der Waals surface area contributed by atoms with Gasteiger partial charge in [-0.15, -0.1) is 0 Å². The number of hydrogen-bond acceptors (Lipinski definition) is 0. The molecule has 8 aromatic carbocycles. The Kier molecular flexibility index (Phi) is 5.91. The van der Waals surface area contributed by atoms with E-state index in [1.807, 2.05) is 0 Å². The lowest BCUT2D eigenvalue weighted by Gasteiger charge is -2.14. The van der Waals surface area contributed by atoms with Crippen molar-refractivity contribution in [1.82, 2.24) is 9.13 Å². The molecule has 0 aliphatic heterocycles. The van der Waals surface area contributed by atoms with E-state index in [1.165, 1.54) is 76.6 Å². The molecule has 0 amide bonds. The standard InChI is InChI=1S/C46H30N2/c1-3-14-31(15-4-1)36-21-9-10-22-37(36)33-17-13-20-35(28-33)48-42-25-12-11-24-39(42)40-29-41-45(30-44(40)48)47(34-18-5-2-6-19-34)43-27-26-32-16-7-8-23-38(32)46(41)43/h1-30H. The van der Waals surface area contributed by atoms with Crippen molar-refractivity contribution < 1.29 is 0 Å². The van der Waals surface area contributed by atoms with Gasteiger partial charge in [0.25, 0.3) is 0 Å². The summed E-state index contributed by atoms with van der Waals surface area (Å²) in [4.78, 5) is 0. The Morgan fingerprint density at radius 2 is 0.896 bits per heavy atom. The van der Waals surface area contributed by atoms with Crippen molar-refractivity contribution in [1.29, 1.82) is 0 Å². The van der Waals surface area contributed by atoms with Crippen LogP contribution in [-0.4, -0.2) is 9.13 Å². The zero-order valence-electron chi connectivity index (χ0n) is 26.2. The molecule has 10 aromatic rings. The number of benzene rings is 8. The maximum absolute atomic E-state index is 2.45. The number of para-hydroxylation sites is 2. The molecule has 2 heteroatoms. The molecular weight excluding hydrogens is 581 g/mol. The molecule has 0 aliphatic rings. The van der Waals surface area contributed by atoms with E-state index in [9.17, 15) is 0 Å². The first kappa shape index (κ1) is 26.8. The van der Waals surface area contributed by atoms with Crippen molar-refractivity contribution in [3.63, 3.8) is 0 Å². The number of fused-ring (bicyclic) bond motifs is 8. The molecule has 10 rings (SSSR count). The molecule has 0 saturated carbocycles. The van der Waals surface area contributed by atoms with Gasteiger partial charge in [-0.3, -0.25) is 0 Å². The van der Waals surface area contributed by atoms with Crippen LogP contribution in [0.15, 0.2) is 182 Å². The van der Waals surface area contributed by atoms with Crippen molar-refractivity contribution in [2.75, 3.05) is 0 Å². The first-order chi connectivity index (χ1) is 23.8. The summed E-state index contributed by atoms with van der Waals surface area (Å²) in [6.07, 6.45) is 0. The van der Waals surface area contributed by atoms with Gasteiger partial charge in [-0.2, -0.15) is 0 Å². The van der Waals surface area contributed by atoms with Crippen molar-refractivity contribution in [2.45, 2.75) is 0 Å². The van der Waals surface area contributed by atoms with Crippen LogP contribution in [0.5, 0.6) is 0 Å². The molecule has 2 nitrogen and oxygen atoms in total. The van der Waals surface area contributed by atoms with Crippen LogP contribution in [0.4, 0.5) is 0 Å². The van der Waals surface area contributed by atoms with E-state index >= 15 is 0 Å². The second-order valence-electron chi connectivity index (χ2n) is 12.6. The number of aromatic nitrogens is 2. The number of nitrogens with zero attached hydrogens (tertiary/aromatic N) is 2. The SMILES string of the molecule is c1ccc(-c2ccccc2-c2cccc(-n3c4ccccc4c4cc5c6c7ccccc7ccc6n(-c6ccccc6)c5cc43)c2)cc1. The Labute approximate surface area is 278 Å². The van der Waals surface area contributed by atoms with Crippen LogP contribution in [0.25, 0.3) is 88.0 Å². The molecule has 0 unspecified atom stereocenters. The summed E-state index contributed by atoms with van der Waals surface area (Å²) in [5, 5.41) is 7.62. The summed E-state index contributed by atoms with van der Waals surface area (Å²) in [7, 11) is 0. The van der Waals surface area contributed by atoms with Crippen LogP contribution in [0.1, 0.15) is 0 Å². The van der Waals surface area contributed by atoms with Gasteiger partial charge >= 0.3 is 0 Å². The third-order valence-electron chi connectivity index (χ3n) is 9.89. The maximum Gasteiger partial charge on any atom is 0.0562 e. The van der Waals surface area contributed by atoms with E-state index in [-0.39, 0.29) is 0 Å². The second-order valence-corrected chi connectivity index (χ2v) is 12.6. The minimum absolute atomic E-state index is 1.15. The van der Waals surface area contributed by atoms with Gasteiger partial charge in [0.15, 0.2) is 0 Å². The van der Waals surface area contributed by atoms with Crippen molar-refractivity contribution in [2.24, 2.45) is 0 Å². The van der Waals surface area contributed by atoms with Gasteiger partial charge in [-0.1, -0.05) is 133 Å². The van der Waals surface area contributed by atoms with E-state index in [2.05, 4.69) is 191 Å². The Morgan fingerprint density at radius 3 is 1.73 bits per heavy atom. The van der Waals surface area contributed by atoms with Crippen molar-refractivity contribution in [3.05, 3.63) is 182 Å². The molecule has 2 aromatic heterocycles. The first-order valence-electron chi connectivity index (χ1n) is 16.5. The highest BCUT2D eigenvalue weighted by atomic mass is 15.0. The summed E-state index contributed by atoms with van der Waals surface area (Å²) in [6.45, 7) is 0. The minimum Gasteiger partial charge on any atom is -0.309 e. The zero-order valence-corrected chi connectivity index (χ0v) is 26.2. The highest BCUT2D eigenvalue weighted by molar-refractivity contribution is 6.25. The first-order valence-corrected chi connectivity index (χ1v) is 16.5. The zero-order chi connectivity index (χ0) is 31.6. The molecule has 48 heavy (non-hydrogen) atoms. The van der Waals surface area contributed by atoms with E-state index in [0.717, 1.165) is 11.4 Å². The van der Waals surface area contributed by atoms with Gasteiger partial charge in [-0.25, -0.2) is 0 Å². The van der Waals surface area contributed by atoms with Gasteiger partial charge in [0.05, 0.1) is 22.1 Å². The monoisotopic (exact) mass is 610 g/mol. The third kappa shape index (κ3) is 4.00. The van der Waals surface area contributed by atoms with Crippen LogP contribution in [0.3, 0.4) is 0 Å². The van der Waals surface area contributed by atoms with Gasteiger partial charge in [-0.05, 0) is 81.6 Å².